The Hall–Kier alpha value is -0.980. The molecule has 0 fully saturated rings. The van der Waals surface area contributed by atoms with Gasteiger partial charge in [0.2, 0.25) is 0 Å². The van der Waals surface area contributed by atoms with E-state index in [1.54, 1.807) is 0 Å². The molecule has 1 heterocycles. The van der Waals surface area contributed by atoms with Crippen molar-refractivity contribution in [3.63, 3.8) is 0 Å². The highest BCUT2D eigenvalue weighted by Gasteiger charge is 2.16. The Morgan fingerprint density at radius 1 is 1.38 bits per heavy atom. The highest BCUT2D eigenvalue weighted by atomic mass is 14.9. The fraction of sp³-hybridized carbons (Fsp3) is 0.500. The van der Waals surface area contributed by atoms with Gasteiger partial charge in [0.15, 0.2) is 0 Å². The molecular formula is C12H17N. The molecule has 70 valence electrons. The van der Waals surface area contributed by atoms with E-state index >= 15 is 0 Å². The summed E-state index contributed by atoms with van der Waals surface area (Å²) < 4.78 is 0. The summed E-state index contributed by atoms with van der Waals surface area (Å²) in [5.74, 6) is 0.628. The maximum Gasteiger partial charge on any atom is 0.0378 e. The average Bonchev–Trinajstić information content (AvgIpc) is 2.42. The predicted octanol–water partition coefficient (Wildman–Crippen LogP) is 3.17. The molecule has 0 aliphatic carbocycles. The summed E-state index contributed by atoms with van der Waals surface area (Å²) in [6.45, 7) is 6.70. The van der Waals surface area contributed by atoms with Crippen LogP contribution in [0.25, 0.3) is 0 Å². The summed E-state index contributed by atoms with van der Waals surface area (Å²) in [6.07, 6.45) is 1.17. The van der Waals surface area contributed by atoms with Gasteiger partial charge in [-0.25, -0.2) is 0 Å². The van der Waals surface area contributed by atoms with Gasteiger partial charge in [-0.1, -0.05) is 26.0 Å². The normalized spacial score (nSPS) is 20.2. The smallest absolute Gasteiger partial charge is 0.0378 e. The first-order valence-electron chi connectivity index (χ1n) is 5.06. The first-order valence-corrected chi connectivity index (χ1v) is 5.06. The largest absolute Gasteiger partial charge is 0.382 e. The van der Waals surface area contributed by atoms with Gasteiger partial charge < -0.3 is 5.32 Å². The van der Waals surface area contributed by atoms with Crippen LogP contribution >= 0.6 is 0 Å². The fourth-order valence-corrected chi connectivity index (χ4v) is 1.91. The lowest BCUT2D eigenvalue weighted by atomic mass is 10.0. The second-order valence-corrected chi connectivity index (χ2v) is 4.32. The van der Waals surface area contributed by atoms with Gasteiger partial charge >= 0.3 is 0 Å². The van der Waals surface area contributed by atoms with Crippen LogP contribution in [0.5, 0.6) is 0 Å². The van der Waals surface area contributed by atoms with E-state index in [9.17, 15) is 0 Å². The van der Waals surface area contributed by atoms with Crippen molar-refractivity contribution in [3.8, 4) is 0 Å². The van der Waals surface area contributed by atoms with Gasteiger partial charge in [-0.2, -0.15) is 0 Å². The molecule has 0 bridgehead atoms. The number of hydrogen-bond donors (Lipinski definition) is 1. The van der Waals surface area contributed by atoms with E-state index in [1.165, 1.54) is 23.2 Å². The van der Waals surface area contributed by atoms with Crippen LogP contribution in [-0.2, 0) is 6.42 Å². The fourth-order valence-electron chi connectivity index (χ4n) is 1.91. The molecule has 1 heteroatoms. The molecule has 0 amide bonds. The van der Waals surface area contributed by atoms with Crippen molar-refractivity contribution in [1.29, 1.82) is 0 Å². The number of benzene rings is 1. The summed E-state index contributed by atoms with van der Waals surface area (Å²) in [4.78, 5) is 0. The summed E-state index contributed by atoms with van der Waals surface area (Å²) in [5, 5.41) is 3.49. The Bertz CT molecular complexity index is 315. The average molecular weight is 175 g/mol. The standard InChI is InChI=1S/C12H17N/c1-8(2)10-4-5-11-6-9(3)13-12(11)7-10/h4-5,7-9,13H,6H2,1-3H3. The molecule has 13 heavy (non-hydrogen) atoms. The van der Waals surface area contributed by atoms with Crippen molar-refractivity contribution in [2.24, 2.45) is 0 Å². The Morgan fingerprint density at radius 3 is 2.85 bits per heavy atom. The van der Waals surface area contributed by atoms with Crippen LogP contribution in [0, 0.1) is 0 Å². The van der Waals surface area contributed by atoms with E-state index in [0.29, 0.717) is 12.0 Å². The maximum atomic E-state index is 3.49. The molecule has 1 unspecified atom stereocenters. The number of hydrogen-bond acceptors (Lipinski definition) is 1. The second kappa shape index (κ2) is 3.06. The molecule has 1 aromatic rings. The second-order valence-electron chi connectivity index (χ2n) is 4.32. The molecule has 0 radical (unpaired) electrons. The third-order valence-corrected chi connectivity index (χ3v) is 2.73. The van der Waals surface area contributed by atoms with Gasteiger partial charge in [-0.15, -0.1) is 0 Å². The van der Waals surface area contributed by atoms with E-state index in [1.807, 2.05) is 0 Å². The molecule has 1 N–H and O–H groups in total. The van der Waals surface area contributed by atoms with Crippen LogP contribution in [0.1, 0.15) is 37.8 Å². The highest BCUT2D eigenvalue weighted by Crippen LogP contribution is 2.29. The monoisotopic (exact) mass is 175 g/mol. The van der Waals surface area contributed by atoms with Gasteiger partial charge in [0, 0.05) is 11.7 Å². The van der Waals surface area contributed by atoms with Crippen molar-refractivity contribution in [3.05, 3.63) is 29.3 Å². The molecule has 1 aliphatic heterocycles. The van der Waals surface area contributed by atoms with Gasteiger partial charge in [-0.3, -0.25) is 0 Å². The number of fused-ring (bicyclic) bond motifs is 1. The SMILES string of the molecule is CC1Cc2ccc(C(C)C)cc2N1. The Kier molecular flexibility index (Phi) is 2.03. The Morgan fingerprint density at radius 2 is 2.15 bits per heavy atom. The molecule has 2 rings (SSSR count). The molecule has 0 saturated heterocycles. The highest BCUT2D eigenvalue weighted by molar-refractivity contribution is 5.58. The number of anilines is 1. The maximum absolute atomic E-state index is 3.49. The molecule has 1 aliphatic rings. The van der Waals surface area contributed by atoms with E-state index in [-0.39, 0.29) is 0 Å². The lowest BCUT2D eigenvalue weighted by molar-refractivity contribution is 0.839. The lowest BCUT2D eigenvalue weighted by Gasteiger charge is -2.08. The third kappa shape index (κ3) is 1.55. The summed E-state index contributed by atoms with van der Waals surface area (Å²) >= 11 is 0. The van der Waals surface area contributed by atoms with Crippen molar-refractivity contribution < 1.29 is 0 Å². The van der Waals surface area contributed by atoms with Crippen LogP contribution < -0.4 is 5.32 Å². The van der Waals surface area contributed by atoms with Crippen molar-refractivity contribution in [1.82, 2.24) is 0 Å². The lowest BCUT2D eigenvalue weighted by Crippen LogP contribution is -2.08. The number of rotatable bonds is 1. The quantitative estimate of drug-likeness (QED) is 0.691. The van der Waals surface area contributed by atoms with Crippen molar-refractivity contribution in [2.75, 3.05) is 5.32 Å². The summed E-state index contributed by atoms with van der Waals surface area (Å²) in [5.41, 5.74) is 4.25. The molecule has 0 spiro atoms. The van der Waals surface area contributed by atoms with E-state index in [4.69, 9.17) is 0 Å². The van der Waals surface area contributed by atoms with Gasteiger partial charge in [-0.05, 0) is 36.5 Å². The molecular weight excluding hydrogens is 158 g/mol. The van der Waals surface area contributed by atoms with Crippen LogP contribution in [0.15, 0.2) is 18.2 Å². The molecule has 1 aromatic carbocycles. The number of nitrogens with one attached hydrogen (secondary N) is 1. The van der Waals surface area contributed by atoms with E-state index in [0.717, 1.165) is 0 Å². The Labute approximate surface area is 80.2 Å². The minimum absolute atomic E-state index is 0.609. The van der Waals surface area contributed by atoms with Gasteiger partial charge in [0.1, 0.15) is 0 Å². The van der Waals surface area contributed by atoms with E-state index < -0.39 is 0 Å². The first-order chi connectivity index (χ1) is 6.16. The predicted molar refractivity (Wildman–Crippen MR) is 57.3 cm³/mol. The molecule has 1 nitrogen and oxygen atoms in total. The van der Waals surface area contributed by atoms with Gasteiger partial charge in [0.05, 0.1) is 0 Å². The van der Waals surface area contributed by atoms with Crippen molar-refractivity contribution in [2.45, 2.75) is 39.2 Å². The van der Waals surface area contributed by atoms with E-state index in [2.05, 4.69) is 44.3 Å². The summed E-state index contributed by atoms with van der Waals surface area (Å²) in [6, 6.07) is 7.42. The van der Waals surface area contributed by atoms with Crippen LogP contribution in [0.3, 0.4) is 0 Å². The minimum Gasteiger partial charge on any atom is -0.382 e. The zero-order valence-electron chi connectivity index (χ0n) is 8.59. The third-order valence-electron chi connectivity index (χ3n) is 2.73. The van der Waals surface area contributed by atoms with Crippen LogP contribution in [0.4, 0.5) is 5.69 Å². The Balaban J connectivity index is 2.35. The van der Waals surface area contributed by atoms with Crippen LogP contribution in [0.2, 0.25) is 0 Å². The zero-order valence-corrected chi connectivity index (χ0v) is 8.59. The van der Waals surface area contributed by atoms with Crippen LogP contribution in [-0.4, -0.2) is 6.04 Å². The molecule has 0 saturated carbocycles. The molecule has 0 aromatic heterocycles. The first kappa shape index (κ1) is 8.61. The topological polar surface area (TPSA) is 12.0 Å². The zero-order chi connectivity index (χ0) is 9.42. The van der Waals surface area contributed by atoms with Gasteiger partial charge in [0.25, 0.3) is 0 Å². The van der Waals surface area contributed by atoms with Crippen molar-refractivity contribution >= 4 is 5.69 Å². The minimum atomic E-state index is 0.609. The molecule has 1 atom stereocenters. The summed E-state index contributed by atoms with van der Waals surface area (Å²) in [7, 11) is 0.